The number of nitrogens with one attached hydrogen (secondary N) is 2. The van der Waals surface area contributed by atoms with Crippen molar-refractivity contribution in [3.05, 3.63) is 29.6 Å². The molecule has 9 nitrogen and oxygen atoms in total. The van der Waals surface area contributed by atoms with Gasteiger partial charge in [-0.1, -0.05) is 0 Å². The quantitative estimate of drug-likeness (QED) is 0.589. The van der Waals surface area contributed by atoms with Crippen molar-refractivity contribution in [3.63, 3.8) is 0 Å². The van der Waals surface area contributed by atoms with Gasteiger partial charge in [0.15, 0.2) is 6.04 Å². The van der Waals surface area contributed by atoms with Gasteiger partial charge in [0.25, 0.3) is 5.91 Å². The number of likely N-dealkylation sites (tertiary alicyclic amines) is 1. The minimum absolute atomic E-state index is 0.0799. The molecule has 4 rings (SSSR count). The molecule has 36 heavy (non-hydrogen) atoms. The molecule has 194 valence electrons. The lowest BCUT2D eigenvalue weighted by Gasteiger charge is -2.34. The van der Waals surface area contributed by atoms with E-state index in [4.69, 9.17) is 4.74 Å². The fraction of sp³-hybridized carbons (Fsp3) is 0.522. The second kappa shape index (κ2) is 10.9. The summed E-state index contributed by atoms with van der Waals surface area (Å²) in [5.41, 5.74) is 1.09. The zero-order valence-corrected chi connectivity index (χ0v) is 21.0. The number of alkyl halides is 3. The van der Waals surface area contributed by atoms with Gasteiger partial charge < -0.3 is 20.3 Å². The van der Waals surface area contributed by atoms with Crippen LogP contribution in [0.3, 0.4) is 0 Å². The van der Waals surface area contributed by atoms with Crippen LogP contribution in [0.4, 0.5) is 23.9 Å². The number of hydrogen-bond acceptors (Lipinski definition) is 9. The smallest absolute Gasteiger partial charge is 0.412 e. The van der Waals surface area contributed by atoms with Gasteiger partial charge in [0.1, 0.15) is 16.9 Å². The number of halogens is 3. The third kappa shape index (κ3) is 6.38. The summed E-state index contributed by atoms with van der Waals surface area (Å²) in [5, 5.41) is 5.79. The van der Waals surface area contributed by atoms with Crippen LogP contribution in [0.2, 0.25) is 0 Å². The van der Waals surface area contributed by atoms with Gasteiger partial charge in [-0.3, -0.25) is 14.8 Å². The summed E-state index contributed by atoms with van der Waals surface area (Å²) >= 11 is 0.956. The van der Waals surface area contributed by atoms with Crippen LogP contribution in [0.5, 0.6) is 5.88 Å². The van der Waals surface area contributed by atoms with E-state index in [1.54, 1.807) is 19.1 Å². The fourth-order valence-electron chi connectivity index (χ4n) is 3.96. The zero-order chi connectivity index (χ0) is 25.9. The van der Waals surface area contributed by atoms with Gasteiger partial charge in [0.2, 0.25) is 5.88 Å². The third-order valence-electron chi connectivity index (χ3n) is 5.98. The van der Waals surface area contributed by atoms with E-state index in [0.717, 1.165) is 37.5 Å². The maximum atomic E-state index is 13.0. The van der Waals surface area contributed by atoms with E-state index in [0.29, 0.717) is 23.3 Å². The first-order valence-corrected chi connectivity index (χ1v) is 12.4. The van der Waals surface area contributed by atoms with Gasteiger partial charge in [0, 0.05) is 25.2 Å². The van der Waals surface area contributed by atoms with Gasteiger partial charge in [-0.25, -0.2) is 4.98 Å². The largest absolute Gasteiger partial charge is 0.474 e. The molecule has 4 heterocycles. The van der Waals surface area contributed by atoms with E-state index in [2.05, 4.69) is 48.7 Å². The Hall–Kier alpha value is -3.06. The van der Waals surface area contributed by atoms with Crippen molar-refractivity contribution in [2.24, 2.45) is 9.98 Å². The van der Waals surface area contributed by atoms with E-state index in [-0.39, 0.29) is 22.5 Å². The van der Waals surface area contributed by atoms with Crippen LogP contribution in [0.15, 0.2) is 28.3 Å². The number of anilines is 2. The van der Waals surface area contributed by atoms with Crippen molar-refractivity contribution in [1.82, 2.24) is 14.3 Å². The molecule has 2 aliphatic rings. The molecule has 13 heteroatoms. The van der Waals surface area contributed by atoms with Crippen LogP contribution >= 0.6 is 11.5 Å². The maximum absolute atomic E-state index is 13.0. The number of carbonyl (C=O) groups is 1. The van der Waals surface area contributed by atoms with Crippen LogP contribution in [-0.2, 0) is 0 Å². The number of piperidine rings is 1. The summed E-state index contributed by atoms with van der Waals surface area (Å²) < 4.78 is 49.2. The number of amidine groups is 1. The van der Waals surface area contributed by atoms with Gasteiger partial charge in [-0.05, 0) is 51.2 Å². The monoisotopic (exact) mass is 523 g/mol. The number of aryl methyl sites for hydroxylation is 1. The molecule has 0 radical (unpaired) electrons. The Balaban J connectivity index is 1.37. The number of hydrogen-bond donors (Lipinski definition) is 2. The average Bonchev–Trinajstić information content (AvgIpc) is 3.20. The maximum Gasteiger partial charge on any atom is 0.412 e. The number of pyridine rings is 1. The Bertz CT molecular complexity index is 1120. The number of aliphatic imine (C=N–C) groups is 2. The first kappa shape index (κ1) is 26.0. The van der Waals surface area contributed by atoms with Crippen molar-refractivity contribution in [1.29, 1.82) is 0 Å². The zero-order valence-electron chi connectivity index (χ0n) is 20.2. The number of ether oxygens (including phenoxy) is 1. The minimum atomic E-state index is -4.50. The molecule has 1 amide bonds. The lowest BCUT2D eigenvalue weighted by molar-refractivity contribution is -0.144. The van der Waals surface area contributed by atoms with Crippen molar-refractivity contribution >= 4 is 40.2 Å². The molecular weight excluding hydrogens is 495 g/mol. The van der Waals surface area contributed by atoms with Gasteiger partial charge in [-0.2, -0.15) is 17.5 Å². The van der Waals surface area contributed by atoms with Crippen molar-refractivity contribution in [3.8, 4) is 5.88 Å². The Morgan fingerprint density at radius 1 is 1.25 bits per heavy atom. The molecule has 0 aliphatic carbocycles. The highest BCUT2D eigenvalue weighted by Gasteiger charge is 2.40. The highest BCUT2D eigenvalue weighted by Crippen LogP contribution is 2.28. The Morgan fingerprint density at radius 3 is 2.64 bits per heavy atom. The molecular formula is C23H28F3N7O2S. The average molecular weight is 524 g/mol. The lowest BCUT2D eigenvalue weighted by Crippen LogP contribution is -2.41. The van der Waals surface area contributed by atoms with Crippen LogP contribution in [0.25, 0.3) is 0 Å². The Morgan fingerprint density at radius 2 is 2.00 bits per heavy atom. The highest BCUT2D eigenvalue weighted by molar-refractivity contribution is 7.11. The molecule has 2 aromatic heterocycles. The van der Waals surface area contributed by atoms with Crippen molar-refractivity contribution < 1.29 is 22.7 Å². The minimum Gasteiger partial charge on any atom is -0.474 e. The van der Waals surface area contributed by atoms with Crippen LogP contribution in [0.1, 0.15) is 42.7 Å². The second-order valence-electron chi connectivity index (χ2n) is 8.95. The number of carbonyl (C=O) groups excluding carboxylic acids is 1. The van der Waals surface area contributed by atoms with E-state index in [1.165, 1.54) is 12.4 Å². The van der Waals surface area contributed by atoms with Gasteiger partial charge in [0.05, 0.1) is 35.9 Å². The van der Waals surface area contributed by atoms with E-state index >= 15 is 0 Å². The summed E-state index contributed by atoms with van der Waals surface area (Å²) in [6, 6.07) is 1.99. The Kier molecular flexibility index (Phi) is 7.88. The second-order valence-corrected chi connectivity index (χ2v) is 9.72. The normalized spacial score (nSPS) is 19.3. The first-order chi connectivity index (χ1) is 17.1. The SMILES string of the molecule is Cc1nsc(NC2=NC(C(F)(F)F)CN=C2)c1C(=O)Nc1ccc(OC2CCN(C(C)C)CC2)nc1. The van der Waals surface area contributed by atoms with Crippen molar-refractivity contribution in [2.75, 3.05) is 30.3 Å². The predicted octanol–water partition coefficient (Wildman–Crippen LogP) is 4.18. The van der Waals surface area contributed by atoms with Crippen LogP contribution < -0.4 is 15.4 Å². The molecule has 1 unspecified atom stereocenters. The van der Waals surface area contributed by atoms with Gasteiger partial charge in [-0.15, -0.1) is 0 Å². The molecule has 0 aromatic carbocycles. The molecule has 0 saturated carbocycles. The standard InChI is InChI=1S/C23H28F3N7O2S/c1-13(2)33-8-6-16(7-9-33)35-19-5-4-15(10-28-19)29-21(34)20-14(3)32-36-22(20)31-18-12-27-11-17(30-18)23(24,25)26/h4-5,10,12-13,16-17H,6-9,11H2,1-3H3,(H,29,34)(H,30,31). The van der Waals surface area contributed by atoms with E-state index in [1.807, 2.05) is 0 Å². The molecule has 2 N–H and O–H groups in total. The molecule has 1 fully saturated rings. The molecule has 0 spiro atoms. The molecule has 2 aliphatic heterocycles. The number of aromatic nitrogens is 2. The fourth-order valence-corrected chi connectivity index (χ4v) is 4.76. The summed E-state index contributed by atoms with van der Waals surface area (Å²) in [6.07, 6.45) is 0.183. The molecule has 0 bridgehead atoms. The third-order valence-corrected chi connectivity index (χ3v) is 6.84. The molecule has 1 atom stereocenters. The summed E-state index contributed by atoms with van der Waals surface area (Å²) in [4.78, 5) is 27.1. The molecule has 2 aromatic rings. The predicted molar refractivity (Wildman–Crippen MR) is 134 cm³/mol. The van der Waals surface area contributed by atoms with E-state index < -0.39 is 24.7 Å². The molecule has 1 saturated heterocycles. The van der Waals surface area contributed by atoms with Crippen molar-refractivity contribution in [2.45, 2.75) is 58.0 Å². The topological polar surface area (TPSA) is 104 Å². The van der Waals surface area contributed by atoms with E-state index in [9.17, 15) is 18.0 Å². The first-order valence-electron chi connectivity index (χ1n) is 11.7. The van der Waals surface area contributed by atoms with Crippen LogP contribution in [-0.4, -0.2) is 76.2 Å². The van der Waals surface area contributed by atoms with Gasteiger partial charge >= 0.3 is 6.18 Å². The van der Waals surface area contributed by atoms with Crippen LogP contribution in [0, 0.1) is 6.92 Å². The summed E-state index contributed by atoms with van der Waals surface area (Å²) in [6.45, 7) is 7.51. The number of amides is 1. The summed E-state index contributed by atoms with van der Waals surface area (Å²) in [7, 11) is 0. The number of nitrogens with zero attached hydrogens (tertiary/aromatic N) is 5. The highest BCUT2D eigenvalue weighted by atomic mass is 32.1. The number of rotatable bonds is 6. The lowest BCUT2D eigenvalue weighted by atomic mass is 10.1. The Labute approximate surface area is 211 Å². The summed E-state index contributed by atoms with van der Waals surface area (Å²) in [5.74, 6) is -0.0646.